The number of unbranched alkanes of at least 4 members (excludes halogenated alkanes) is 1. The Kier molecular flexibility index (Phi) is 8.23. The highest BCUT2D eigenvalue weighted by atomic mass is 32.1. The quantitative estimate of drug-likeness (QED) is 0.551. The average Bonchev–Trinajstić information content (AvgIpc) is 2.67. The van der Waals surface area contributed by atoms with Crippen LogP contribution in [0.4, 0.5) is 17.2 Å². The van der Waals surface area contributed by atoms with E-state index in [4.69, 9.17) is 18.0 Å². The first-order valence-electron chi connectivity index (χ1n) is 10.4. The van der Waals surface area contributed by atoms with Crippen molar-refractivity contribution in [2.45, 2.75) is 60.4 Å². The van der Waals surface area contributed by atoms with Crippen LogP contribution in [0.5, 0.6) is 0 Å². The fourth-order valence-electron chi connectivity index (χ4n) is 3.15. The molecule has 0 aliphatic carbocycles. The molecule has 0 spiro atoms. The second-order valence-electron chi connectivity index (χ2n) is 8.01. The lowest BCUT2D eigenvalue weighted by molar-refractivity contribution is 0.587. The molecule has 0 unspecified atom stereocenters. The smallest absolute Gasteiger partial charge is 0.330 e. The largest absolute Gasteiger partial charge is 0.383 e. The van der Waals surface area contributed by atoms with Gasteiger partial charge >= 0.3 is 5.69 Å². The van der Waals surface area contributed by atoms with Crippen molar-refractivity contribution < 1.29 is 0 Å². The lowest BCUT2D eigenvalue weighted by atomic mass is 10.1. The monoisotopic (exact) mass is 431 g/mol. The third kappa shape index (κ3) is 5.50. The Morgan fingerprint density at radius 2 is 2.00 bits per heavy atom. The van der Waals surface area contributed by atoms with Gasteiger partial charge in [-0.3, -0.25) is 14.3 Å². The molecule has 0 fully saturated rings. The number of aromatic amines is 1. The van der Waals surface area contributed by atoms with Crippen LogP contribution in [0.15, 0.2) is 27.8 Å². The Labute approximate surface area is 183 Å². The lowest BCUT2D eigenvalue weighted by Gasteiger charge is -2.28. The second-order valence-corrected chi connectivity index (χ2v) is 8.40. The van der Waals surface area contributed by atoms with Crippen molar-refractivity contribution >= 4 is 34.5 Å². The molecule has 1 aromatic carbocycles. The summed E-state index contributed by atoms with van der Waals surface area (Å²) in [7, 11) is 0. The number of rotatable bonds is 8. The Hall–Kier alpha value is -2.61. The van der Waals surface area contributed by atoms with Crippen LogP contribution in [-0.4, -0.2) is 21.2 Å². The zero-order valence-electron chi connectivity index (χ0n) is 18.5. The van der Waals surface area contributed by atoms with Crippen molar-refractivity contribution in [3.05, 3.63) is 50.2 Å². The second kappa shape index (κ2) is 10.4. The topological polar surface area (TPSA) is 96.2 Å². The van der Waals surface area contributed by atoms with Gasteiger partial charge in [0.05, 0.1) is 0 Å². The molecular formula is C22H33N5O2S. The van der Waals surface area contributed by atoms with E-state index in [1.54, 1.807) is 4.90 Å². The third-order valence-electron chi connectivity index (χ3n) is 5.24. The summed E-state index contributed by atoms with van der Waals surface area (Å²) in [6, 6.07) is 5.94. The van der Waals surface area contributed by atoms with Crippen LogP contribution in [0.3, 0.4) is 0 Å². The van der Waals surface area contributed by atoms with Gasteiger partial charge in [0, 0.05) is 18.8 Å². The molecule has 0 aliphatic rings. The molecule has 8 heteroatoms. The minimum absolute atomic E-state index is 0.145. The van der Waals surface area contributed by atoms with Crippen molar-refractivity contribution in [1.29, 1.82) is 0 Å². The van der Waals surface area contributed by atoms with Crippen LogP contribution in [0.1, 0.15) is 51.2 Å². The first kappa shape index (κ1) is 23.7. The molecule has 0 radical (unpaired) electrons. The Bertz CT molecular complexity index is 1010. The Balaban J connectivity index is 2.51. The fourth-order valence-corrected chi connectivity index (χ4v) is 3.44. The molecule has 2 aromatic rings. The van der Waals surface area contributed by atoms with E-state index < -0.39 is 11.2 Å². The molecule has 7 nitrogen and oxygen atoms in total. The van der Waals surface area contributed by atoms with E-state index in [0.717, 1.165) is 36.1 Å². The van der Waals surface area contributed by atoms with Crippen molar-refractivity contribution in [2.24, 2.45) is 5.92 Å². The summed E-state index contributed by atoms with van der Waals surface area (Å²) in [6.07, 6.45) is 2.50. The van der Waals surface area contributed by atoms with Crippen LogP contribution in [0.2, 0.25) is 0 Å². The molecule has 4 N–H and O–H groups in total. The maximum absolute atomic E-state index is 12.8. The van der Waals surface area contributed by atoms with E-state index in [2.05, 4.69) is 24.1 Å². The van der Waals surface area contributed by atoms with E-state index in [1.807, 2.05) is 39.0 Å². The van der Waals surface area contributed by atoms with E-state index in [0.29, 0.717) is 24.1 Å². The normalized spacial score (nSPS) is 11.0. The third-order valence-corrected chi connectivity index (χ3v) is 5.56. The zero-order valence-corrected chi connectivity index (χ0v) is 19.4. The lowest BCUT2D eigenvalue weighted by Crippen LogP contribution is -2.43. The van der Waals surface area contributed by atoms with Gasteiger partial charge in [0.1, 0.15) is 5.82 Å². The molecular weight excluding hydrogens is 398 g/mol. The molecule has 0 amide bonds. The number of aromatic nitrogens is 2. The van der Waals surface area contributed by atoms with Gasteiger partial charge in [-0.2, -0.15) is 0 Å². The first-order valence-corrected chi connectivity index (χ1v) is 10.9. The van der Waals surface area contributed by atoms with Crippen LogP contribution < -0.4 is 27.2 Å². The summed E-state index contributed by atoms with van der Waals surface area (Å²) in [4.78, 5) is 29.2. The standard InChI is InChI=1S/C22H33N5O2S/c1-6-7-12-27-19(23)18(20(28)25-21(27)29)26(13-11-14(2)3)22(30)24-17-10-8-9-15(4)16(17)5/h8-10,14H,6-7,11-13,23H2,1-5H3,(H,24,30)(H,25,28,29). The molecule has 30 heavy (non-hydrogen) atoms. The van der Waals surface area contributed by atoms with Crippen molar-refractivity contribution in [2.75, 3.05) is 22.5 Å². The minimum atomic E-state index is -0.529. The zero-order chi connectivity index (χ0) is 22.4. The highest BCUT2D eigenvalue weighted by molar-refractivity contribution is 7.80. The van der Waals surface area contributed by atoms with Gasteiger partial charge in [-0.1, -0.05) is 39.3 Å². The SMILES string of the molecule is CCCCn1c(N)c(N(CCC(C)C)C(=S)Nc2cccc(C)c2C)c(=O)[nH]c1=O. The summed E-state index contributed by atoms with van der Waals surface area (Å²) in [6.45, 7) is 11.3. The van der Waals surface area contributed by atoms with E-state index >= 15 is 0 Å². The summed E-state index contributed by atoms with van der Waals surface area (Å²) in [5.41, 5.74) is 8.63. The summed E-state index contributed by atoms with van der Waals surface area (Å²) < 4.78 is 1.42. The van der Waals surface area contributed by atoms with E-state index in [9.17, 15) is 9.59 Å². The summed E-state index contributed by atoms with van der Waals surface area (Å²) in [5, 5.41) is 3.64. The highest BCUT2D eigenvalue weighted by Crippen LogP contribution is 2.23. The van der Waals surface area contributed by atoms with Gasteiger partial charge in [-0.25, -0.2) is 4.79 Å². The number of hydrogen-bond acceptors (Lipinski definition) is 4. The van der Waals surface area contributed by atoms with Crippen molar-refractivity contribution in [3.8, 4) is 0 Å². The van der Waals surface area contributed by atoms with Crippen LogP contribution in [-0.2, 0) is 6.54 Å². The molecule has 0 saturated carbocycles. The number of nitrogen functional groups attached to an aromatic ring is 1. The van der Waals surface area contributed by atoms with Gasteiger partial charge in [-0.15, -0.1) is 0 Å². The minimum Gasteiger partial charge on any atom is -0.383 e. The number of anilines is 3. The molecule has 0 saturated heterocycles. The molecule has 0 bridgehead atoms. The van der Waals surface area contributed by atoms with Gasteiger partial charge in [0.15, 0.2) is 10.8 Å². The molecule has 1 heterocycles. The van der Waals surface area contributed by atoms with Crippen LogP contribution in [0, 0.1) is 19.8 Å². The maximum Gasteiger partial charge on any atom is 0.330 e. The van der Waals surface area contributed by atoms with Gasteiger partial charge in [0.25, 0.3) is 5.56 Å². The number of nitrogens with one attached hydrogen (secondary N) is 2. The maximum atomic E-state index is 12.8. The van der Waals surface area contributed by atoms with Crippen molar-refractivity contribution in [1.82, 2.24) is 9.55 Å². The number of hydrogen-bond donors (Lipinski definition) is 3. The number of H-pyrrole nitrogens is 1. The summed E-state index contributed by atoms with van der Waals surface area (Å²) >= 11 is 5.70. The van der Waals surface area contributed by atoms with Gasteiger partial charge in [0.2, 0.25) is 0 Å². The number of nitrogens with two attached hydrogens (primary N) is 1. The van der Waals surface area contributed by atoms with Crippen LogP contribution >= 0.6 is 12.2 Å². The number of benzene rings is 1. The molecule has 2 rings (SSSR count). The molecule has 1 aromatic heterocycles. The van der Waals surface area contributed by atoms with Gasteiger partial charge < -0.3 is 16.0 Å². The molecule has 0 aliphatic heterocycles. The number of thiocarbonyl (C=S) groups is 1. The molecule has 0 atom stereocenters. The molecule has 164 valence electrons. The van der Waals surface area contributed by atoms with Gasteiger partial charge in [-0.05, 0) is 62.0 Å². The van der Waals surface area contributed by atoms with Crippen LogP contribution in [0.25, 0.3) is 0 Å². The predicted octanol–water partition coefficient (Wildman–Crippen LogP) is 3.79. The average molecular weight is 432 g/mol. The number of nitrogens with zero attached hydrogens (tertiary/aromatic N) is 2. The highest BCUT2D eigenvalue weighted by Gasteiger charge is 2.22. The fraction of sp³-hybridized carbons (Fsp3) is 0.500. The predicted molar refractivity (Wildman–Crippen MR) is 130 cm³/mol. The van der Waals surface area contributed by atoms with E-state index in [1.165, 1.54) is 4.57 Å². The summed E-state index contributed by atoms with van der Waals surface area (Å²) in [5.74, 6) is 0.549. The Morgan fingerprint density at radius 1 is 1.30 bits per heavy atom. The van der Waals surface area contributed by atoms with E-state index in [-0.39, 0.29) is 11.5 Å². The first-order chi connectivity index (χ1) is 14.2. The Morgan fingerprint density at radius 3 is 2.63 bits per heavy atom. The van der Waals surface area contributed by atoms with Crippen molar-refractivity contribution in [3.63, 3.8) is 0 Å². The number of aryl methyl sites for hydroxylation is 1.